The molecule has 1 aliphatic rings. The number of anilines is 1. The van der Waals surface area contributed by atoms with Crippen molar-refractivity contribution in [2.75, 3.05) is 25.6 Å². The first kappa shape index (κ1) is 16.9. The minimum Gasteiger partial charge on any atom is -0.477 e. The molecule has 1 atom stereocenters. The second-order valence-electron chi connectivity index (χ2n) is 5.79. The molecule has 0 spiro atoms. The Hall–Kier alpha value is -2.96. The van der Waals surface area contributed by atoms with Crippen molar-refractivity contribution in [1.29, 1.82) is 0 Å². The van der Waals surface area contributed by atoms with E-state index in [0.717, 1.165) is 5.69 Å². The molecule has 7 heteroatoms. The zero-order valence-electron chi connectivity index (χ0n) is 14.4. The summed E-state index contributed by atoms with van der Waals surface area (Å²) < 4.78 is 16.1. The van der Waals surface area contributed by atoms with Gasteiger partial charge in [0, 0.05) is 12.6 Å². The third-order valence-electron chi connectivity index (χ3n) is 4.09. The average Bonchev–Trinajstić information content (AvgIpc) is 3.00. The first-order chi connectivity index (χ1) is 12.0. The molecule has 1 aromatic carbocycles. The number of hydrogen-bond acceptors (Lipinski definition) is 6. The molecule has 0 radical (unpaired) electrons. The molecule has 0 aliphatic carbocycles. The number of fused-ring (bicyclic) bond motifs is 1. The zero-order valence-corrected chi connectivity index (χ0v) is 14.4. The van der Waals surface area contributed by atoms with Crippen LogP contribution < -0.4 is 15.0 Å². The fraction of sp³-hybridized carbons (Fsp3) is 0.333. The number of methoxy groups -OCH3 is 1. The molecule has 0 fully saturated rings. The van der Waals surface area contributed by atoms with Gasteiger partial charge < -0.3 is 24.1 Å². The number of hydrogen-bond donors (Lipinski definition) is 1. The minimum absolute atomic E-state index is 0.189. The molecule has 25 heavy (non-hydrogen) atoms. The van der Waals surface area contributed by atoms with Gasteiger partial charge in [-0.25, -0.2) is 4.79 Å². The molecule has 132 valence electrons. The summed E-state index contributed by atoms with van der Waals surface area (Å²) in [6, 6.07) is 9.31. The summed E-state index contributed by atoms with van der Waals surface area (Å²) in [5, 5.41) is 2.61. The number of rotatable bonds is 4. The van der Waals surface area contributed by atoms with Crippen LogP contribution in [-0.4, -0.2) is 38.7 Å². The van der Waals surface area contributed by atoms with Gasteiger partial charge in [0.25, 0.3) is 5.91 Å². The third kappa shape index (κ3) is 3.31. The fourth-order valence-corrected chi connectivity index (χ4v) is 2.86. The number of carbonyl (C=O) groups is 2. The monoisotopic (exact) mass is 344 g/mol. The molecule has 1 N–H and O–H groups in total. The lowest BCUT2D eigenvalue weighted by Gasteiger charge is -2.34. The maximum absolute atomic E-state index is 12.0. The van der Waals surface area contributed by atoms with E-state index in [-0.39, 0.29) is 11.7 Å². The quantitative estimate of drug-likeness (QED) is 0.853. The van der Waals surface area contributed by atoms with Crippen LogP contribution in [0.25, 0.3) is 0 Å². The Morgan fingerprint density at radius 3 is 2.84 bits per heavy atom. The topological polar surface area (TPSA) is 81.0 Å². The lowest BCUT2D eigenvalue weighted by molar-refractivity contribution is -0.127. The average molecular weight is 344 g/mol. The van der Waals surface area contributed by atoms with Crippen molar-refractivity contribution in [3.8, 4) is 5.75 Å². The van der Waals surface area contributed by atoms with Crippen LogP contribution in [0.15, 0.2) is 34.7 Å². The van der Waals surface area contributed by atoms with Gasteiger partial charge in [-0.3, -0.25) is 4.79 Å². The van der Waals surface area contributed by atoms with Crippen LogP contribution in [0.5, 0.6) is 5.75 Å². The highest BCUT2D eigenvalue weighted by atomic mass is 16.5. The summed E-state index contributed by atoms with van der Waals surface area (Å²) in [6.45, 7) is 2.58. The summed E-state index contributed by atoms with van der Waals surface area (Å²) >= 11 is 0. The van der Waals surface area contributed by atoms with E-state index in [9.17, 15) is 9.59 Å². The van der Waals surface area contributed by atoms with E-state index in [1.165, 1.54) is 7.11 Å². The number of benzene rings is 1. The van der Waals surface area contributed by atoms with E-state index in [1.54, 1.807) is 20.0 Å². The van der Waals surface area contributed by atoms with Crippen molar-refractivity contribution in [2.45, 2.75) is 19.6 Å². The summed E-state index contributed by atoms with van der Waals surface area (Å²) in [4.78, 5) is 25.7. The van der Waals surface area contributed by atoms with E-state index in [2.05, 4.69) is 5.32 Å². The van der Waals surface area contributed by atoms with E-state index in [4.69, 9.17) is 13.9 Å². The van der Waals surface area contributed by atoms with Gasteiger partial charge in [0.15, 0.2) is 6.10 Å². The SMILES string of the molecule is CNC(=O)[C@@H]1CN(Cc2cc(C)c(C(=O)OC)o2)c2ccccc2O1. The second-order valence-corrected chi connectivity index (χ2v) is 5.79. The van der Waals surface area contributed by atoms with E-state index in [1.807, 2.05) is 29.2 Å². The van der Waals surface area contributed by atoms with Crippen LogP contribution >= 0.6 is 0 Å². The maximum Gasteiger partial charge on any atom is 0.374 e. The Bertz CT molecular complexity index is 799. The van der Waals surface area contributed by atoms with Gasteiger partial charge in [0.1, 0.15) is 11.5 Å². The number of aryl methyl sites for hydroxylation is 1. The van der Waals surface area contributed by atoms with E-state index < -0.39 is 12.1 Å². The van der Waals surface area contributed by atoms with Gasteiger partial charge in [-0.2, -0.15) is 0 Å². The van der Waals surface area contributed by atoms with E-state index >= 15 is 0 Å². The number of esters is 1. The molecule has 1 amide bonds. The molecular weight excluding hydrogens is 324 g/mol. The molecule has 1 aliphatic heterocycles. The van der Waals surface area contributed by atoms with Crippen LogP contribution in [0.1, 0.15) is 21.9 Å². The number of amides is 1. The smallest absolute Gasteiger partial charge is 0.374 e. The predicted octanol–water partition coefficient (Wildman–Crippen LogP) is 1.89. The highest BCUT2D eigenvalue weighted by molar-refractivity contribution is 5.88. The number of likely N-dealkylation sites (N-methyl/N-ethyl adjacent to an activating group) is 1. The number of nitrogens with one attached hydrogen (secondary N) is 1. The summed E-state index contributed by atoms with van der Waals surface area (Å²) in [7, 11) is 2.89. The van der Waals surface area contributed by atoms with Gasteiger partial charge in [-0.05, 0) is 25.1 Å². The maximum atomic E-state index is 12.0. The number of nitrogens with zero attached hydrogens (tertiary/aromatic N) is 1. The van der Waals surface area contributed by atoms with Crippen molar-refractivity contribution in [1.82, 2.24) is 5.32 Å². The Kier molecular flexibility index (Phi) is 4.65. The summed E-state index contributed by atoms with van der Waals surface area (Å²) in [6.07, 6.45) is -0.615. The predicted molar refractivity (Wildman–Crippen MR) is 90.8 cm³/mol. The Balaban J connectivity index is 1.88. The van der Waals surface area contributed by atoms with E-state index in [0.29, 0.717) is 30.2 Å². The molecule has 7 nitrogen and oxygen atoms in total. The van der Waals surface area contributed by atoms with Crippen LogP contribution in [0.3, 0.4) is 0 Å². The molecule has 0 saturated carbocycles. The Morgan fingerprint density at radius 2 is 2.12 bits per heavy atom. The van der Waals surface area contributed by atoms with Crippen molar-refractivity contribution in [3.05, 3.63) is 47.4 Å². The normalized spacial score (nSPS) is 16.0. The number of furan rings is 1. The second kappa shape index (κ2) is 6.88. The Labute approximate surface area is 145 Å². The molecule has 2 heterocycles. The lowest BCUT2D eigenvalue weighted by atomic mass is 10.1. The third-order valence-corrected chi connectivity index (χ3v) is 4.09. The number of para-hydroxylation sites is 2. The van der Waals surface area contributed by atoms with Crippen molar-refractivity contribution < 1.29 is 23.5 Å². The van der Waals surface area contributed by atoms with Crippen molar-refractivity contribution >= 4 is 17.6 Å². The summed E-state index contributed by atoms with van der Waals surface area (Å²) in [5.41, 5.74) is 1.59. The zero-order chi connectivity index (χ0) is 18.0. The standard InChI is InChI=1S/C18H20N2O5/c1-11-8-12(24-16(11)18(22)23-3)9-20-10-15(17(21)19-2)25-14-7-5-4-6-13(14)20/h4-8,15H,9-10H2,1-3H3,(H,19,21)/t15-/m0/s1. The van der Waals surface area contributed by atoms with Gasteiger partial charge >= 0.3 is 5.97 Å². The fourth-order valence-electron chi connectivity index (χ4n) is 2.86. The molecule has 3 rings (SSSR count). The molecule has 0 saturated heterocycles. The van der Waals surface area contributed by atoms with Gasteiger partial charge in [-0.15, -0.1) is 0 Å². The molecule has 1 aromatic heterocycles. The van der Waals surface area contributed by atoms with Gasteiger partial charge in [0.05, 0.1) is 25.9 Å². The van der Waals surface area contributed by atoms with Crippen molar-refractivity contribution in [3.63, 3.8) is 0 Å². The molecule has 0 unspecified atom stereocenters. The van der Waals surface area contributed by atoms with Gasteiger partial charge in [-0.1, -0.05) is 12.1 Å². The minimum atomic E-state index is -0.615. The van der Waals surface area contributed by atoms with Gasteiger partial charge in [0.2, 0.25) is 5.76 Å². The van der Waals surface area contributed by atoms with Crippen LogP contribution in [0.2, 0.25) is 0 Å². The van der Waals surface area contributed by atoms with Crippen LogP contribution in [-0.2, 0) is 16.1 Å². The first-order valence-corrected chi connectivity index (χ1v) is 7.93. The lowest BCUT2D eigenvalue weighted by Crippen LogP contribution is -2.47. The molecule has 0 bridgehead atoms. The van der Waals surface area contributed by atoms with Crippen molar-refractivity contribution in [2.24, 2.45) is 0 Å². The largest absolute Gasteiger partial charge is 0.477 e. The first-order valence-electron chi connectivity index (χ1n) is 7.93. The summed E-state index contributed by atoms with van der Waals surface area (Å²) in [5.74, 6) is 0.755. The highest BCUT2D eigenvalue weighted by Gasteiger charge is 2.31. The van der Waals surface area contributed by atoms with Crippen LogP contribution in [0, 0.1) is 6.92 Å². The number of carbonyl (C=O) groups excluding carboxylic acids is 2. The highest BCUT2D eigenvalue weighted by Crippen LogP contribution is 2.34. The molecular formula is C18H20N2O5. The Morgan fingerprint density at radius 1 is 1.36 bits per heavy atom. The molecule has 2 aromatic rings. The number of ether oxygens (including phenoxy) is 2. The van der Waals surface area contributed by atoms with Crippen LogP contribution in [0.4, 0.5) is 5.69 Å².